The fourth-order valence-electron chi connectivity index (χ4n) is 2.37. The van der Waals surface area contributed by atoms with Gasteiger partial charge in [-0.3, -0.25) is 5.41 Å². The Morgan fingerprint density at radius 3 is 2.54 bits per heavy atom. The van der Waals surface area contributed by atoms with Crippen molar-refractivity contribution in [2.45, 2.75) is 6.54 Å². The first kappa shape index (κ1) is 15.9. The van der Waals surface area contributed by atoms with E-state index in [0.717, 1.165) is 15.4 Å². The van der Waals surface area contributed by atoms with Crippen LogP contribution in [0.3, 0.4) is 0 Å². The fourth-order valence-corrected chi connectivity index (χ4v) is 3.37. The summed E-state index contributed by atoms with van der Waals surface area (Å²) in [4.78, 5) is 17.6. The number of hydrogen-bond acceptors (Lipinski definition) is 5. The Balaban J connectivity index is 1.80. The number of rotatable bonds is 5. The predicted octanol–water partition coefficient (Wildman–Crippen LogP) is 2.91. The number of hydrogen-bond donors (Lipinski definition) is 3. The van der Waals surface area contributed by atoms with Crippen molar-refractivity contribution in [1.29, 1.82) is 5.41 Å². The van der Waals surface area contributed by atoms with Crippen LogP contribution in [0, 0.1) is 5.41 Å². The minimum absolute atomic E-state index is 0.0459. The van der Waals surface area contributed by atoms with E-state index < -0.39 is 5.97 Å². The van der Waals surface area contributed by atoms with Crippen LogP contribution in [-0.4, -0.2) is 28.9 Å². The van der Waals surface area contributed by atoms with Gasteiger partial charge < -0.3 is 15.7 Å². The van der Waals surface area contributed by atoms with Gasteiger partial charge in [0.2, 0.25) is 0 Å². The predicted molar refractivity (Wildman–Crippen MR) is 96.1 cm³/mol. The number of nitrogen functional groups attached to an aromatic ring is 1. The molecular weight excluding hydrogens is 324 g/mol. The Morgan fingerprint density at radius 1 is 1.25 bits per heavy atom. The third-order valence-electron chi connectivity index (χ3n) is 3.67. The van der Waals surface area contributed by atoms with E-state index in [9.17, 15) is 4.79 Å². The molecule has 0 amide bonds. The molecule has 7 heteroatoms. The highest BCUT2D eigenvalue weighted by Crippen LogP contribution is 2.25. The van der Waals surface area contributed by atoms with Gasteiger partial charge in [-0.05, 0) is 42.5 Å². The quantitative estimate of drug-likeness (QED) is 0.489. The molecule has 24 heavy (non-hydrogen) atoms. The summed E-state index contributed by atoms with van der Waals surface area (Å²) in [6.45, 7) is 0.612. The molecule has 3 aromatic rings. The molecule has 0 aliphatic heterocycles. The number of amidine groups is 1. The molecule has 0 fully saturated rings. The van der Waals surface area contributed by atoms with Crippen LogP contribution in [0.2, 0.25) is 0 Å². The van der Waals surface area contributed by atoms with E-state index in [1.54, 1.807) is 29.5 Å². The summed E-state index contributed by atoms with van der Waals surface area (Å²) in [5.74, 6) is -0.904. The minimum atomic E-state index is -0.950. The van der Waals surface area contributed by atoms with E-state index in [4.69, 9.17) is 16.2 Å². The van der Waals surface area contributed by atoms with E-state index in [1.165, 1.54) is 0 Å². The number of thiazole rings is 1. The van der Waals surface area contributed by atoms with Crippen molar-refractivity contribution in [2.24, 2.45) is 5.73 Å². The van der Waals surface area contributed by atoms with Gasteiger partial charge in [0.15, 0.2) is 0 Å². The van der Waals surface area contributed by atoms with Crippen LogP contribution >= 0.6 is 11.3 Å². The number of anilines is 1. The van der Waals surface area contributed by atoms with Gasteiger partial charge in [0, 0.05) is 18.3 Å². The molecule has 3 rings (SSSR count). The van der Waals surface area contributed by atoms with E-state index in [2.05, 4.69) is 4.98 Å². The summed E-state index contributed by atoms with van der Waals surface area (Å²) >= 11 is 1.55. The van der Waals surface area contributed by atoms with Gasteiger partial charge in [0.05, 0.1) is 22.3 Å². The van der Waals surface area contributed by atoms with E-state index >= 15 is 0 Å². The Hall–Kier alpha value is -2.93. The molecule has 0 radical (unpaired) electrons. The van der Waals surface area contributed by atoms with Crippen LogP contribution in [0.15, 0.2) is 42.5 Å². The smallest absolute Gasteiger partial charge is 0.335 e. The maximum atomic E-state index is 11.0. The summed E-state index contributed by atoms with van der Waals surface area (Å²) in [6, 6.07) is 12.4. The number of aromatic nitrogens is 1. The number of aromatic carboxylic acids is 1. The van der Waals surface area contributed by atoms with E-state index in [-0.39, 0.29) is 11.4 Å². The van der Waals surface area contributed by atoms with Crippen LogP contribution in [0.25, 0.3) is 10.2 Å². The van der Waals surface area contributed by atoms with Crippen molar-refractivity contribution in [1.82, 2.24) is 4.98 Å². The highest BCUT2D eigenvalue weighted by molar-refractivity contribution is 7.18. The Labute approximate surface area is 142 Å². The molecule has 1 heterocycles. The molecule has 4 N–H and O–H groups in total. The Morgan fingerprint density at radius 2 is 1.92 bits per heavy atom. The minimum Gasteiger partial charge on any atom is -0.478 e. The third-order valence-corrected chi connectivity index (χ3v) is 4.69. The lowest BCUT2D eigenvalue weighted by molar-refractivity contribution is 0.0697. The van der Waals surface area contributed by atoms with Gasteiger partial charge in [-0.25, -0.2) is 9.78 Å². The van der Waals surface area contributed by atoms with Crippen LogP contribution in [0.4, 0.5) is 5.69 Å². The zero-order valence-electron chi connectivity index (χ0n) is 13.0. The van der Waals surface area contributed by atoms with Crippen LogP contribution < -0.4 is 10.6 Å². The molecule has 122 valence electrons. The molecular formula is C17H16N4O2S. The van der Waals surface area contributed by atoms with Gasteiger partial charge in [-0.2, -0.15) is 0 Å². The van der Waals surface area contributed by atoms with Gasteiger partial charge >= 0.3 is 5.97 Å². The van der Waals surface area contributed by atoms with Crippen LogP contribution in [0.5, 0.6) is 0 Å². The van der Waals surface area contributed by atoms with E-state index in [1.807, 2.05) is 36.2 Å². The maximum absolute atomic E-state index is 11.0. The van der Waals surface area contributed by atoms with E-state index in [0.29, 0.717) is 17.6 Å². The van der Waals surface area contributed by atoms with Gasteiger partial charge in [-0.15, -0.1) is 11.3 Å². The first-order valence-electron chi connectivity index (χ1n) is 7.22. The summed E-state index contributed by atoms with van der Waals surface area (Å²) in [7, 11) is 1.96. The standard InChI is InChI=1S/C17H16N4O2S/c1-21(12-5-2-10(3-6-12)16(18)19)9-15-20-13-8-11(17(22)23)4-7-14(13)24-15/h2-8H,9H2,1H3,(H3,18,19)(H,22,23). The molecule has 0 spiro atoms. The maximum Gasteiger partial charge on any atom is 0.335 e. The third kappa shape index (κ3) is 3.21. The highest BCUT2D eigenvalue weighted by Gasteiger charge is 2.10. The molecule has 0 aliphatic carbocycles. The Kier molecular flexibility index (Phi) is 4.18. The monoisotopic (exact) mass is 340 g/mol. The molecule has 2 aromatic carbocycles. The first-order chi connectivity index (χ1) is 11.4. The number of fused-ring (bicyclic) bond motifs is 1. The number of carbonyl (C=O) groups is 1. The lowest BCUT2D eigenvalue weighted by Gasteiger charge is -2.18. The number of nitrogens with two attached hydrogens (primary N) is 1. The Bertz CT molecular complexity index is 918. The van der Waals surface area contributed by atoms with Crippen molar-refractivity contribution < 1.29 is 9.90 Å². The van der Waals surface area contributed by atoms with Gasteiger partial charge in [0.1, 0.15) is 10.8 Å². The SMILES string of the molecule is CN(Cc1nc2cc(C(=O)O)ccc2s1)c1ccc(C(=N)N)cc1. The zero-order chi connectivity index (χ0) is 17.3. The number of carboxylic acid groups (broad SMARTS) is 1. The number of carboxylic acids is 1. The second kappa shape index (κ2) is 6.29. The highest BCUT2D eigenvalue weighted by atomic mass is 32.1. The van der Waals surface area contributed by atoms with Crippen molar-refractivity contribution in [2.75, 3.05) is 11.9 Å². The molecule has 6 nitrogen and oxygen atoms in total. The molecule has 0 unspecified atom stereocenters. The average Bonchev–Trinajstić information content (AvgIpc) is 2.96. The summed E-state index contributed by atoms with van der Waals surface area (Å²) in [5.41, 5.74) is 8.09. The molecule has 0 bridgehead atoms. The molecule has 1 aromatic heterocycles. The van der Waals surface area contributed by atoms with Crippen molar-refractivity contribution >= 4 is 39.0 Å². The zero-order valence-corrected chi connectivity index (χ0v) is 13.8. The van der Waals surface area contributed by atoms with Crippen LogP contribution in [-0.2, 0) is 6.54 Å². The van der Waals surface area contributed by atoms with Crippen molar-refractivity contribution in [3.05, 3.63) is 58.6 Å². The molecule has 0 aliphatic rings. The van der Waals surface area contributed by atoms with Gasteiger partial charge in [-0.1, -0.05) is 0 Å². The normalized spacial score (nSPS) is 10.7. The topological polar surface area (TPSA) is 103 Å². The molecule has 0 saturated carbocycles. The van der Waals surface area contributed by atoms with Crippen LogP contribution in [0.1, 0.15) is 20.9 Å². The van der Waals surface area contributed by atoms with Crippen molar-refractivity contribution in [3.63, 3.8) is 0 Å². The summed E-state index contributed by atoms with van der Waals surface area (Å²) < 4.78 is 0.968. The number of benzene rings is 2. The average molecular weight is 340 g/mol. The fraction of sp³-hybridized carbons (Fsp3) is 0.118. The molecule has 0 atom stereocenters. The van der Waals surface area contributed by atoms with Gasteiger partial charge in [0.25, 0.3) is 0 Å². The lowest BCUT2D eigenvalue weighted by atomic mass is 10.2. The second-order valence-electron chi connectivity index (χ2n) is 5.41. The molecule has 0 saturated heterocycles. The summed E-state index contributed by atoms with van der Waals surface area (Å²) in [6.07, 6.45) is 0. The number of nitrogens with zero attached hydrogens (tertiary/aromatic N) is 2. The first-order valence-corrected chi connectivity index (χ1v) is 8.04. The number of nitrogens with one attached hydrogen (secondary N) is 1. The van der Waals surface area contributed by atoms with Crippen molar-refractivity contribution in [3.8, 4) is 0 Å². The lowest BCUT2D eigenvalue weighted by Crippen LogP contribution is -2.17. The largest absolute Gasteiger partial charge is 0.478 e. The second-order valence-corrected chi connectivity index (χ2v) is 6.53. The summed E-state index contributed by atoms with van der Waals surface area (Å²) in [5, 5.41) is 17.4.